The van der Waals surface area contributed by atoms with Crippen LogP contribution < -0.4 is 0 Å². The summed E-state index contributed by atoms with van der Waals surface area (Å²) >= 11 is 0. The van der Waals surface area contributed by atoms with Crippen molar-refractivity contribution in [3.8, 4) is 0 Å². The number of piperidine rings is 1. The van der Waals surface area contributed by atoms with Crippen LogP contribution in [0.5, 0.6) is 0 Å². The maximum atomic E-state index is 13.4. The molecule has 2 aliphatic rings. The zero-order chi connectivity index (χ0) is 21.6. The molecule has 0 bridgehead atoms. The quantitative estimate of drug-likeness (QED) is 0.742. The number of rotatable bonds is 5. The first-order valence-corrected chi connectivity index (χ1v) is 11.5. The average Bonchev–Trinajstić information content (AvgIpc) is 3.00. The zero-order valence-electron chi connectivity index (χ0n) is 18.4. The van der Waals surface area contributed by atoms with E-state index in [4.69, 9.17) is 0 Å². The van der Waals surface area contributed by atoms with Gasteiger partial charge in [-0.3, -0.25) is 14.6 Å². The summed E-state index contributed by atoms with van der Waals surface area (Å²) in [5.41, 5.74) is 2.49. The van der Waals surface area contributed by atoms with Gasteiger partial charge in [0.25, 0.3) is 5.91 Å². The molecule has 2 aliphatic heterocycles. The van der Waals surface area contributed by atoms with Gasteiger partial charge in [0, 0.05) is 38.3 Å². The molecule has 0 aliphatic carbocycles. The molecule has 2 amide bonds. The van der Waals surface area contributed by atoms with Gasteiger partial charge in [-0.25, -0.2) is 4.98 Å². The second-order valence-electron chi connectivity index (χ2n) is 8.84. The highest BCUT2D eigenvalue weighted by molar-refractivity contribution is 5.92. The molecule has 1 atom stereocenters. The number of nitrogens with zero attached hydrogens (tertiary/aromatic N) is 4. The Hall–Kier alpha value is -2.76. The summed E-state index contributed by atoms with van der Waals surface area (Å²) < 4.78 is 0. The number of likely N-dealkylation sites (tertiary alicyclic amines) is 2. The molecule has 2 aromatic rings. The lowest BCUT2D eigenvalue weighted by molar-refractivity contribution is -0.137. The van der Waals surface area contributed by atoms with Crippen LogP contribution in [0.4, 0.5) is 0 Å². The van der Waals surface area contributed by atoms with Crippen molar-refractivity contribution in [1.29, 1.82) is 0 Å². The predicted molar refractivity (Wildman–Crippen MR) is 119 cm³/mol. The first kappa shape index (κ1) is 21.5. The largest absolute Gasteiger partial charge is 0.342 e. The molecule has 0 N–H and O–H groups in total. The third-order valence-corrected chi connectivity index (χ3v) is 6.73. The number of hydrogen-bond donors (Lipinski definition) is 0. The van der Waals surface area contributed by atoms with Gasteiger partial charge in [0.05, 0.1) is 11.9 Å². The molecule has 0 saturated carbocycles. The van der Waals surface area contributed by atoms with Gasteiger partial charge in [0.15, 0.2) is 0 Å². The summed E-state index contributed by atoms with van der Waals surface area (Å²) in [6, 6.07) is 10.4. The lowest BCUT2D eigenvalue weighted by Gasteiger charge is -2.36. The molecular formula is C25H32N4O2. The molecule has 2 fully saturated rings. The highest BCUT2D eigenvalue weighted by Gasteiger charge is 2.36. The zero-order valence-corrected chi connectivity index (χ0v) is 18.4. The number of aryl methyl sites for hydroxylation is 1. The molecule has 4 rings (SSSR count). The van der Waals surface area contributed by atoms with E-state index in [1.165, 1.54) is 5.56 Å². The Labute approximate surface area is 184 Å². The molecule has 1 aromatic carbocycles. The number of aromatic nitrogens is 2. The van der Waals surface area contributed by atoms with Crippen molar-refractivity contribution in [2.75, 3.05) is 26.2 Å². The summed E-state index contributed by atoms with van der Waals surface area (Å²) in [5, 5.41) is 0. The molecule has 6 nitrogen and oxygen atoms in total. The lowest BCUT2D eigenvalue weighted by Crippen LogP contribution is -2.44. The van der Waals surface area contributed by atoms with E-state index >= 15 is 0 Å². The molecule has 0 radical (unpaired) electrons. The van der Waals surface area contributed by atoms with Crippen LogP contribution in [0.15, 0.2) is 42.7 Å². The van der Waals surface area contributed by atoms with Crippen molar-refractivity contribution in [2.45, 2.75) is 45.4 Å². The maximum Gasteiger partial charge on any atom is 0.274 e. The van der Waals surface area contributed by atoms with Crippen LogP contribution in [0, 0.1) is 18.8 Å². The molecule has 1 aromatic heterocycles. The van der Waals surface area contributed by atoms with Crippen LogP contribution in [0.25, 0.3) is 0 Å². The topological polar surface area (TPSA) is 66.4 Å². The van der Waals surface area contributed by atoms with Gasteiger partial charge in [-0.2, -0.15) is 0 Å². The molecule has 0 spiro atoms. The van der Waals surface area contributed by atoms with Crippen molar-refractivity contribution in [2.24, 2.45) is 11.8 Å². The Morgan fingerprint density at radius 3 is 2.48 bits per heavy atom. The summed E-state index contributed by atoms with van der Waals surface area (Å²) in [6.07, 6.45) is 9.03. The van der Waals surface area contributed by atoms with Gasteiger partial charge in [0.1, 0.15) is 5.69 Å². The standard InChI is InChI=1S/C25H32N4O2/c1-19-17-27-23(18-26-19)25(31)29-15-11-21(12-16-29)22-9-5-6-13-28(24(22)30)14-10-20-7-3-2-4-8-20/h2-4,7-8,17-18,21-22H,5-6,9-16H2,1H3/t22-/m1/s1. The summed E-state index contributed by atoms with van der Waals surface area (Å²) in [4.78, 5) is 38.5. The number of carbonyl (C=O) groups is 2. The molecule has 31 heavy (non-hydrogen) atoms. The minimum Gasteiger partial charge on any atom is -0.342 e. The van der Waals surface area contributed by atoms with Crippen molar-refractivity contribution < 1.29 is 9.59 Å². The van der Waals surface area contributed by atoms with Gasteiger partial charge in [0.2, 0.25) is 5.91 Å². The van der Waals surface area contributed by atoms with Crippen LogP contribution in [-0.4, -0.2) is 57.8 Å². The second kappa shape index (κ2) is 10.0. The van der Waals surface area contributed by atoms with Crippen molar-refractivity contribution in [1.82, 2.24) is 19.8 Å². The fourth-order valence-electron chi connectivity index (χ4n) is 4.87. The van der Waals surface area contributed by atoms with E-state index in [0.29, 0.717) is 30.6 Å². The van der Waals surface area contributed by atoms with E-state index < -0.39 is 0 Å². The average molecular weight is 421 g/mol. The maximum absolute atomic E-state index is 13.4. The monoisotopic (exact) mass is 420 g/mol. The summed E-state index contributed by atoms with van der Waals surface area (Å²) in [7, 11) is 0. The Kier molecular flexibility index (Phi) is 6.95. The minimum absolute atomic E-state index is 0.0531. The Balaban J connectivity index is 1.33. The van der Waals surface area contributed by atoms with Crippen molar-refractivity contribution in [3.63, 3.8) is 0 Å². The number of benzene rings is 1. The normalized spacial score (nSPS) is 20.5. The SMILES string of the molecule is Cc1cnc(C(=O)N2CCC([C@H]3CCCCN(CCc4ccccc4)C3=O)CC2)cn1. The number of amides is 2. The van der Waals surface area contributed by atoms with Gasteiger partial charge in [-0.1, -0.05) is 36.8 Å². The molecular weight excluding hydrogens is 388 g/mol. The first-order chi connectivity index (χ1) is 15.1. The highest BCUT2D eigenvalue weighted by Crippen LogP contribution is 2.32. The van der Waals surface area contributed by atoms with Crippen LogP contribution in [0.3, 0.4) is 0 Å². The molecule has 0 unspecified atom stereocenters. The molecule has 2 saturated heterocycles. The Morgan fingerprint density at radius 1 is 1.00 bits per heavy atom. The molecule has 3 heterocycles. The van der Waals surface area contributed by atoms with Gasteiger partial charge in [-0.05, 0) is 50.5 Å². The minimum atomic E-state index is -0.0531. The fourth-order valence-corrected chi connectivity index (χ4v) is 4.87. The van der Waals surface area contributed by atoms with E-state index in [1.807, 2.05) is 17.9 Å². The van der Waals surface area contributed by atoms with Gasteiger partial charge < -0.3 is 9.80 Å². The van der Waals surface area contributed by atoms with E-state index in [1.54, 1.807) is 12.4 Å². The third-order valence-electron chi connectivity index (χ3n) is 6.73. The third kappa shape index (κ3) is 5.30. The van der Waals surface area contributed by atoms with Crippen LogP contribution >= 0.6 is 0 Å². The predicted octanol–water partition coefficient (Wildman–Crippen LogP) is 3.51. The summed E-state index contributed by atoms with van der Waals surface area (Å²) in [6.45, 7) is 4.90. The molecule has 164 valence electrons. The number of carbonyl (C=O) groups excluding carboxylic acids is 2. The van der Waals surface area contributed by atoms with Gasteiger partial charge in [-0.15, -0.1) is 0 Å². The summed E-state index contributed by atoms with van der Waals surface area (Å²) in [5.74, 6) is 0.720. The number of hydrogen-bond acceptors (Lipinski definition) is 4. The first-order valence-electron chi connectivity index (χ1n) is 11.5. The fraction of sp³-hybridized carbons (Fsp3) is 0.520. The Morgan fingerprint density at radius 2 is 1.77 bits per heavy atom. The second-order valence-corrected chi connectivity index (χ2v) is 8.84. The molecule has 6 heteroatoms. The Bertz CT molecular complexity index is 876. The van der Waals surface area contributed by atoms with E-state index in [-0.39, 0.29) is 11.8 Å². The van der Waals surface area contributed by atoms with Crippen LogP contribution in [-0.2, 0) is 11.2 Å². The van der Waals surface area contributed by atoms with E-state index in [2.05, 4.69) is 39.1 Å². The van der Waals surface area contributed by atoms with Crippen LogP contribution in [0.2, 0.25) is 0 Å². The van der Waals surface area contributed by atoms with E-state index in [0.717, 1.165) is 57.3 Å². The van der Waals surface area contributed by atoms with Crippen LogP contribution in [0.1, 0.15) is 53.8 Å². The van der Waals surface area contributed by atoms with E-state index in [9.17, 15) is 9.59 Å². The smallest absolute Gasteiger partial charge is 0.274 e. The highest BCUT2D eigenvalue weighted by atomic mass is 16.2. The lowest BCUT2D eigenvalue weighted by atomic mass is 9.81. The van der Waals surface area contributed by atoms with Gasteiger partial charge >= 0.3 is 0 Å². The van der Waals surface area contributed by atoms with Crippen molar-refractivity contribution in [3.05, 3.63) is 59.7 Å². The van der Waals surface area contributed by atoms with Crippen molar-refractivity contribution >= 4 is 11.8 Å².